The third-order valence-electron chi connectivity index (χ3n) is 3.68. The summed E-state index contributed by atoms with van der Waals surface area (Å²) < 4.78 is 5.37. The molecule has 2 unspecified atom stereocenters. The molecule has 88 valence electrons. The molecular weight excluding hydrogens is 188 g/mol. The van der Waals surface area contributed by atoms with Crippen LogP contribution in [0.5, 0.6) is 0 Å². The molecule has 2 atom stereocenters. The van der Waals surface area contributed by atoms with Crippen LogP contribution < -0.4 is 10.6 Å². The highest BCUT2D eigenvalue weighted by Gasteiger charge is 2.26. The Morgan fingerprint density at radius 3 is 3.07 bits per heavy atom. The lowest BCUT2D eigenvalue weighted by Crippen LogP contribution is -2.53. The lowest BCUT2D eigenvalue weighted by molar-refractivity contribution is 0.183. The molecule has 2 heterocycles. The van der Waals surface area contributed by atoms with Crippen LogP contribution in [0, 0.1) is 5.92 Å². The highest BCUT2D eigenvalue weighted by Crippen LogP contribution is 2.18. The predicted molar refractivity (Wildman–Crippen MR) is 62.1 cm³/mol. The second-order valence-corrected chi connectivity index (χ2v) is 5.31. The van der Waals surface area contributed by atoms with Crippen molar-refractivity contribution in [1.82, 2.24) is 10.6 Å². The van der Waals surface area contributed by atoms with Gasteiger partial charge in [0.1, 0.15) is 0 Å². The van der Waals surface area contributed by atoms with E-state index in [1.165, 1.54) is 32.2 Å². The van der Waals surface area contributed by atoms with Crippen molar-refractivity contribution in [1.29, 1.82) is 0 Å². The topological polar surface area (TPSA) is 33.3 Å². The molecule has 0 aliphatic carbocycles. The van der Waals surface area contributed by atoms with Gasteiger partial charge in [-0.15, -0.1) is 0 Å². The molecular formula is C12H24N2O. The first-order valence-corrected chi connectivity index (χ1v) is 6.32. The van der Waals surface area contributed by atoms with Gasteiger partial charge in [0.05, 0.1) is 6.61 Å². The highest BCUT2D eigenvalue weighted by atomic mass is 16.5. The molecule has 0 amide bonds. The van der Waals surface area contributed by atoms with E-state index in [-0.39, 0.29) is 0 Å². The van der Waals surface area contributed by atoms with Gasteiger partial charge in [0, 0.05) is 25.2 Å². The standard InChI is InChI=1S/C12H24N2O/c1-12(5-2-3-6-14-12)10-13-8-11-4-7-15-9-11/h11,13-14H,2-10H2,1H3. The van der Waals surface area contributed by atoms with E-state index >= 15 is 0 Å². The third-order valence-corrected chi connectivity index (χ3v) is 3.68. The average Bonchev–Trinajstić information content (AvgIpc) is 2.71. The Hall–Kier alpha value is -0.120. The first kappa shape index (κ1) is 11.4. The number of rotatable bonds is 4. The summed E-state index contributed by atoms with van der Waals surface area (Å²) in [6.45, 7) is 7.66. The number of piperidine rings is 1. The quantitative estimate of drug-likeness (QED) is 0.733. The van der Waals surface area contributed by atoms with Gasteiger partial charge in [-0.05, 0) is 38.6 Å². The Bertz CT molecular complexity index is 184. The monoisotopic (exact) mass is 212 g/mol. The molecule has 0 aromatic rings. The Morgan fingerprint density at radius 2 is 2.40 bits per heavy atom. The van der Waals surface area contributed by atoms with Crippen LogP contribution in [0.4, 0.5) is 0 Å². The van der Waals surface area contributed by atoms with Gasteiger partial charge in [0.2, 0.25) is 0 Å². The van der Waals surface area contributed by atoms with Crippen LogP contribution in [-0.2, 0) is 4.74 Å². The summed E-state index contributed by atoms with van der Waals surface area (Å²) in [6, 6.07) is 0. The van der Waals surface area contributed by atoms with Crippen LogP contribution in [-0.4, -0.2) is 38.4 Å². The van der Waals surface area contributed by atoms with E-state index < -0.39 is 0 Å². The zero-order valence-corrected chi connectivity index (χ0v) is 9.85. The molecule has 0 aromatic carbocycles. The Kier molecular flexibility index (Phi) is 4.00. The first-order valence-electron chi connectivity index (χ1n) is 6.32. The number of hydrogen-bond acceptors (Lipinski definition) is 3. The van der Waals surface area contributed by atoms with E-state index in [2.05, 4.69) is 17.6 Å². The van der Waals surface area contributed by atoms with Gasteiger partial charge >= 0.3 is 0 Å². The summed E-state index contributed by atoms with van der Waals surface area (Å²) in [6.07, 6.45) is 5.25. The van der Waals surface area contributed by atoms with Crippen molar-refractivity contribution in [2.75, 3.05) is 32.8 Å². The molecule has 15 heavy (non-hydrogen) atoms. The van der Waals surface area contributed by atoms with E-state index in [1.807, 2.05) is 0 Å². The fourth-order valence-corrected chi connectivity index (χ4v) is 2.57. The molecule has 0 bridgehead atoms. The van der Waals surface area contributed by atoms with Crippen molar-refractivity contribution in [3.8, 4) is 0 Å². The van der Waals surface area contributed by atoms with E-state index in [0.717, 1.165) is 32.2 Å². The van der Waals surface area contributed by atoms with Crippen molar-refractivity contribution in [2.45, 2.75) is 38.1 Å². The van der Waals surface area contributed by atoms with Gasteiger partial charge in [-0.2, -0.15) is 0 Å². The second kappa shape index (κ2) is 5.28. The van der Waals surface area contributed by atoms with E-state index in [9.17, 15) is 0 Å². The van der Waals surface area contributed by atoms with E-state index in [1.54, 1.807) is 0 Å². The second-order valence-electron chi connectivity index (χ2n) is 5.31. The van der Waals surface area contributed by atoms with E-state index in [4.69, 9.17) is 4.74 Å². The minimum absolute atomic E-state index is 0.331. The summed E-state index contributed by atoms with van der Waals surface area (Å²) in [5, 5.41) is 7.22. The van der Waals surface area contributed by atoms with Crippen molar-refractivity contribution in [2.24, 2.45) is 5.92 Å². The molecule has 3 nitrogen and oxygen atoms in total. The number of nitrogens with one attached hydrogen (secondary N) is 2. The lowest BCUT2D eigenvalue weighted by Gasteiger charge is -2.35. The zero-order valence-electron chi connectivity index (χ0n) is 9.85. The molecule has 2 saturated heterocycles. The normalized spacial score (nSPS) is 37.0. The molecule has 2 fully saturated rings. The zero-order chi connectivity index (χ0) is 10.6. The lowest BCUT2D eigenvalue weighted by atomic mass is 9.91. The summed E-state index contributed by atoms with van der Waals surface area (Å²) in [7, 11) is 0. The smallest absolute Gasteiger partial charge is 0.0507 e. The fourth-order valence-electron chi connectivity index (χ4n) is 2.57. The largest absolute Gasteiger partial charge is 0.381 e. The highest BCUT2D eigenvalue weighted by molar-refractivity contribution is 4.88. The number of ether oxygens (including phenoxy) is 1. The first-order chi connectivity index (χ1) is 7.29. The van der Waals surface area contributed by atoms with Crippen LogP contribution in [0.15, 0.2) is 0 Å². The van der Waals surface area contributed by atoms with Gasteiger partial charge in [-0.25, -0.2) is 0 Å². The van der Waals surface area contributed by atoms with Crippen LogP contribution >= 0.6 is 0 Å². The van der Waals surface area contributed by atoms with E-state index in [0.29, 0.717) is 5.54 Å². The minimum Gasteiger partial charge on any atom is -0.381 e. The van der Waals surface area contributed by atoms with Gasteiger partial charge in [0.25, 0.3) is 0 Å². The van der Waals surface area contributed by atoms with Gasteiger partial charge in [0.15, 0.2) is 0 Å². The fraction of sp³-hybridized carbons (Fsp3) is 1.00. The van der Waals surface area contributed by atoms with Crippen molar-refractivity contribution in [3.05, 3.63) is 0 Å². The molecule has 2 N–H and O–H groups in total. The summed E-state index contributed by atoms with van der Waals surface area (Å²) in [5.41, 5.74) is 0.331. The third kappa shape index (κ3) is 3.44. The molecule has 2 aliphatic rings. The van der Waals surface area contributed by atoms with Gasteiger partial charge in [-0.3, -0.25) is 0 Å². The predicted octanol–water partition coefficient (Wildman–Crippen LogP) is 1.14. The maximum Gasteiger partial charge on any atom is 0.0507 e. The van der Waals surface area contributed by atoms with Gasteiger partial charge in [-0.1, -0.05) is 6.42 Å². The maximum absolute atomic E-state index is 5.37. The molecule has 0 spiro atoms. The molecule has 2 rings (SSSR count). The Balaban J connectivity index is 1.63. The summed E-state index contributed by atoms with van der Waals surface area (Å²) in [5.74, 6) is 0.747. The van der Waals surface area contributed by atoms with Crippen LogP contribution in [0.25, 0.3) is 0 Å². The average molecular weight is 212 g/mol. The SMILES string of the molecule is CC1(CNCC2CCOC2)CCCCN1. The van der Waals surface area contributed by atoms with Crippen LogP contribution in [0.2, 0.25) is 0 Å². The molecule has 0 saturated carbocycles. The van der Waals surface area contributed by atoms with Gasteiger partial charge < -0.3 is 15.4 Å². The van der Waals surface area contributed by atoms with Crippen LogP contribution in [0.3, 0.4) is 0 Å². The van der Waals surface area contributed by atoms with Crippen molar-refractivity contribution in [3.63, 3.8) is 0 Å². The molecule has 3 heteroatoms. The van der Waals surface area contributed by atoms with Crippen molar-refractivity contribution >= 4 is 0 Å². The molecule has 0 aromatic heterocycles. The summed E-state index contributed by atoms with van der Waals surface area (Å²) in [4.78, 5) is 0. The van der Waals surface area contributed by atoms with Crippen molar-refractivity contribution < 1.29 is 4.74 Å². The van der Waals surface area contributed by atoms with Crippen LogP contribution in [0.1, 0.15) is 32.6 Å². The Morgan fingerprint density at radius 1 is 1.47 bits per heavy atom. The molecule has 0 radical (unpaired) electrons. The summed E-state index contributed by atoms with van der Waals surface area (Å²) >= 11 is 0. The number of hydrogen-bond donors (Lipinski definition) is 2. The molecule has 2 aliphatic heterocycles. The maximum atomic E-state index is 5.37. The minimum atomic E-state index is 0.331. The Labute approximate surface area is 93.0 Å².